The zero-order valence-electron chi connectivity index (χ0n) is 20.6. The maximum absolute atomic E-state index is 15.4. The highest BCUT2D eigenvalue weighted by Crippen LogP contribution is 2.39. The van der Waals surface area contributed by atoms with Gasteiger partial charge in [0.1, 0.15) is 12.3 Å². The SMILES string of the molecule is Cc1c(-c2cc3cc(OC(=O)NC4CC(N5CCOCC5)C4)ncc3c(N)c2F)cnc2c1NCCO2. The summed E-state index contributed by atoms with van der Waals surface area (Å²) in [6.45, 7) is 6.42. The molecule has 194 valence electrons. The minimum atomic E-state index is -0.562. The van der Waals surface area contributed by atoms with Crippen molar-refractivity contribution in [1.82, 2.24) is 20.2 Å². The molecule has 4 heterocycles. The molecule has 3 aromatic rings. The number of fused-ring (bicyclic) bond motifs is 2. The average molecular weight is 509 g/mol. The van der Waals surface area contributed by atoms with Gasteiger partial charge in [0.2, 0.25) is 11.8 Å². The zero-order valence-corrected chi connectivity index (χ0v) is 20.6. The molecule has 0 atom stereocenters. The van der Waals surface area contributed by atoms with Crippen molar-refractivity contribution in [3.63, 3.8) is 0 Å². The molecular weight excluding hydrogens is 479 g/mol. The van der Waals surface area contributed by atoms with Crippen LogP contribution in [0.4, 0.5) is 20.6 Å². The van der Waals surface area contributed by atoms with E-state index < -0.39 is 11.9 Å². The van der Waals surface area contributed by atoms with Crippen molar-refractivity contribution < 1.29 is 23.4 Å². The van der Waals surface area contributed by atoms with Crippen LogP contribution in [0, 0.1) is 12.7 Å². The van der Waals surface area contributed by atoms with Crippen LogP contribution in [0.25, 0.3) is 21.9 Å². The summed E-state index contributed by atoms with van der Waals surface area (Å²) in [6.07, 6.45) is 4.21. The molecule has 1 saturated carbocycles. The fourth-order valence-corrected chi connectivity index (χ4v) is 5.26. The van der Waals surface area contributed by atoms with Gasteiger partial charge in [-0.3, -0.25) is 4.90 Å². The maximum Gasteiger partial charge on any atom is 0.414 e. The van der Waals surface area contributed by atoms with Crippen LogP contribution in [0.3, 0.4) is 0 Å². The van der Waals surface area contributed by atoms with Crippen LogP contribution in [-0.4, -0.2) is 72.5 Å². The minimum absolute atomic E-state index is 0.0269. The summed E-state index contributed by atoms with van der Waals surface area (Å²) in [7, 11) is 0. The lowest BCUT2D eigenvalue weighted by atomic mass is 9.85. The number of nitrogens with one attached hydrogen (secondary N) is 2. The maximum atomic E-state index is 15.4. The smallest absolute Gasteiger partial charge is 0.414 e. The Morgan fingerprint density at radius 3 is 2.81 bits per heavy atom. The van der Waals surface area contributed by atoms with Gasteiger partial charge < -0.3 is 30.6 Å². The molecule has 2 fully saturated rings. The molecule has 0 bridgehead atoms. The van der Waals surface area contributed by atoms with E-state index in [1.807, 2.05) is 6.92 Å². The molecule has 1 amide bonds. The number of halogens is 1. The molecular formula is C26H29FN6O4. The Morgan fingerprint density at radius 2 is 2.00 bits per heavy atom. The van der Waals surface area contributed by atoms with Gasteiger partial charge in [0.05, 0.1) is 18.9 Å². The van der Waals surface area contributed by atoms with E-state index in [9.17, 15) is 4.79 Å². The van der Waals surface area contributed by atoms with E-state index in [1.165, 1.54) is 6.20 Å². The number of ether oxygens (including phenoxy) is 3. The number of aromatic nitrogens is 2. The summed E-state index contributed by atoms with van der Waals surface area (Å²) in [5, 5.41) is 7.21. The number of nitrogen functional groups attached to an aromatic ring is 1. The minimum Gasteiger partial charge on any atom is -0.474 e. The first-order chi connectivity index (χ1) is 18.0. The van der Waals surface area contributed by atoms with E-state index in [2.05, 4.69) is 25.5 Å². The number of amides is 1. The molecule has 2 aromatic heterocycles. The second kappa shape index (κ2) is 9.64. The monoisotopic (exact) mass is 508 g/mol. The number of nitrogens with two attached hydrogens (primary N) is 1. The van der Waals surface area contributed by atoms with Gasteiger partial charge in [-0.1, -0.05) is 0 Å². The van der Waals surface area contributed by atoms with E-state index in [-0.39, 0.29) is 17.6 Å². The quantitative estimate of drug-likeness (QED) is 0.456. The number of carbonyl (C=O) groups excluding carboxylic acids is 1. The van der Waals surface area contributed by atoms with Crippen molar-refractivity contribution >= 4 is 28.2 Å². The third-order valence-electron chi connectivity index (χ3n) is 7.40. The lowest BCUT2D eigenvalue weighted by Gasteiger charge is -2.44. The third-order valence-corrected chi connectivity index (χ3v) is 7.40. The van der Waals surface area contributed by atoms with Crippen LogP contribution in [0.1, 0.15) is 18.4 Å². The van der Waals surface area contributed by atoms with Gasteiger partial charge >= 0.3 is 6.09 Å². The number of hydrogen-bond donors (Lipinski definition) is 3. The summed E-state index contributed by atoms with van der Waals surface area (Å²) in [5.74, 6) is 0.0544. The molecule has 6 rings (SSSR count). The van der Waals surface area contributed by atoms with Gasteiger partial charge in [-0.15, -0.1) is 0 Å². The van der Waals surface area contributed by atoms with Gasteiger partial charge in [0.15, 0.2) is 5.82 Å². The summed E-state index contributed by atoms with van der Waals surface area (Å²) in [6, 6.07) is 3.79. The molecule has 10 nitrogen and oxygen atoms in total. The molecule has 0 unspecified atom stereocenters. The number of hydrogen-bond acceptors (Lipinski definition) is 9. The van der Waals surface area contributed by atoms with Crippen LogP contribution in [0.15, 0.2) is 24.5 Å². The Labute approximate surface area is 213 Å². The van der Waals surface area contributed by atoms with Crippen LogP contribution in [-0.2, 0) is 4.74 Å². The summed E-state index contributed by atoms with van der Waals surface area (Å²) < 4.78 is 31.8. The number of morpholine rings is 1. The summed E-state index contributed by atoms with van der Waals surface area (Å²) >= 11 is 0. The van der Waals surface area contributed by atoms with Crippen LogP contribution < -0.4 is 25.8 Å². The Bertz CT molecular complexity index is 1360. The molecule has 1 aliphatic carbocycles. The standard InChI is InChI=1S/C26H29FN6O4/c1-14-19(12-31-25-24(14)29-2-5-36-25)18-8-15-9-21(30-13-20(15)23(28)22(18)27)37-26(34)32-16-10-17(11-16)33-3-6-35-7-4-33/h8-9,12-13,16-17,29H,2-7,10-11,28H2,1H3,(H,32,34). The molecule has 37 heavy (non-hydrogen) atoms. The normalized spacial score (nSPS) is 21.4. The number of pyridine rings is 2. The van der Waals surface area contributed by atoms with E-state index in [0.29, 0.717) is 47.0 Å². The highest BCUT2D eigenvalue weighted by Gasteiger charge is 2.35. The highest BCUT2D eigenvalue weighted by atomic mass is 19.1. The number of benzene rings is 1. The predicted molar refractivity (Wildman–Crippen MR) is 136 cm³/mol. The Morgan fingerprint density at radius 1 is 1.19 bits per heavy atom. The van der Waals surface area contributed by atoms with Crippen molar-refractivity contribution in [3.05, 3.63) is 35.9 Å². The van der Waals surface area contributed by atoms with E-state index in [0.717, 1.165) is 50.4 Å². The molecule has 4 N–H and O–H groups in total. The first-order valence-corrected chi connectivity index (χ1v) is 12.5. The lowest BCUT2D eigenvalue weighted by molar-refractivity contribution is -0.00934. The average Bonchev–Trinajstić information content (AvgIpc) is 2.89. The second-order valence-corrected chi connectivity index (χ2v) is 9.65. The highest BCUT2D eigenvalue weighted by molar-refractivity contribution is 5.98. The van der Waals surface area contributed by atoms with E-state index in [4.69, 9.17) is 19.9 Å². The number of carbonyl (C=O) groups is 1. The Balaban J connectivity index is 1.19. The van der Waals surface area contributed by atoms with Crippen molar-refractivity contribution in [2.24, 2.45) is 0 Å². The van der Waals surface area contributed by atoms with Gasteiger partial charge in [0, 0.05) is 66.7 Å². The molecule has 1 aromatic carbocycles. The summed E-state index contributed by atoms with van der Waals surface area (Å²) in [5.41, 5.74) is 8.57. The molecule has 3 aliphatic rings. The molecule has 0 radical (unpaired) electrons. The van der Waals surface area contributed by atoms with Gasteiger partial charge in [-0.2, -0.15) is 0 Å². The number of rotatable bonds is 4. The lowest BCUT2D eigenvalue weighted by Crippen LogP contribution is -2.56. The van der Waals surface area contributed by atoms with Crippen molar-refractivity contribution in [1.29, 1.82) is 0 Å². The molecule has 0 spiro atoms. The third kappa shape index (κ3) is 4.49. The molecule has 1 saturated heterocycles. The first kappa shape index (κ1) is 23.7. The fraction of sp³-hybridized carbons (Fsp3) is 0.423. The van der Waals surface area contributed by atoms with E-state index >= 15 is 4.39 Å². The largest absolute Gasteiger partial charge is 0.474 e. The number of anilines is 2. The van der Waals surface area contributed by atoms with Crippen LogP contribution in [0.2, 0.25) is 0 Å². The Kier molecular flexibility index (Phi) is 6.17. The van der Waals surface area contributed by atoms with Gasteiger partial charge in [-0.05, 0) is 36.8 Å². The Hall–Kier alpha value is -3.70. The second-order valence-electron chi connectivity index (χ2n) is 9.65. The summed E-state index contributed by atoms with van der Waals surface area (Å²) in [4.78, 5) is 23.4. The molecule has 11 heteroatoms. The number of nitrogens with zero attached hydrogens (tertiary/aromatic N) is 3. The van der Waals surface area contributed by atoms with E-state index in [1.54, 1.807) is 18.3 Å². The van der Waals surface area contributed by atoms with Crippen molar-refractivity contribution in [3.8, 4) is 22.9 Å². The van der Waals surface area contributed by atoms with Crippen LogP contribution >= 0.6 is 0 Å². The van der Waals surface area contributed by atoms with Gasteiger partial charge in [0.25, 0.3) is 0 Å². The topological polar surface area (TPSA) is 124 Å². The van der Waals surface area contributed by atoms with Crippen molar-refractivity contribution in [2.75, 3.05) is 50.5 Å². The fourth-order valence-electron chi connectivity index (χ4n) is 5.26. The molecule has 2 aliphatic heterocycles. The van der Waals surface area contributed by atoms with Gasteiger partial charge in [-0.25, -0.2) is 19.2 Å². The van der Waals surface area contributed by atoms with Crippen LogP contribution in [0.5, 0.6) is 11.8 Å². The van der Waals surface area contributed by atoms with Crippen molar-refractivity contribution in [2.45, 2.75) is 31.8 Å². The predicted octanol–water partition coefficient (Wildman–Crippen LogP) is 3.08. The first-order valence-electron chi connectivity index (χ1n) is 12.5. The zero-order chi connectivity index (χ0) is 25.5.